The van der Waals surface area contributed by atoms with Gasteiger partial charge in [-0.15, -0.1) is 24.0 Å². The Morgan fingerprint density at radius 1 is 1.44 bits per heavy atom. The Bertz CT molecular complexity index is 353. The summed E-state index contributed by atoms with van der Waals surface area (Å²) < 4.78 is 13.2. The number of nitrogens with one attached hydrogen (secondary N) is 1. The highest BCUT2D eigenvalue weighted by molar-refractivity contribution is 14.0. The Balaban J connectivity index is 0.00000225. The first kappa shape index (κ1) is 15.2. The second-order valence-corrected chi connectivity index (χ2v) is 3.59. The van der Waals surface area contributed by atoms with Gasteiger partial charge in [0, 0.05) is 11.6 Å². The van der Waals surface area contributed by atoms with Crippen LogP contribution in [0.1, 0.15) is 19.4 Å². The molecule has 16 heavy (non-hydrogen) atoms. The SMILES string of the molecule is CC(C)NC(N)=NCc1ccccc1F.I. The summed E-state index contributed by atoms with van der Waals surface area (Å²) in [5, 5.41) is 2.94. The van der Waals surface area contributed by atoms with Crippen molar-refractivity contribution in [1.29, 1.82) is 0 Å². The topological polar surface area (TPSA) is 50.4 Å². The summed E-state index contributed by atoms with van der Waals surface area (Å²) in [5.74, 6) is 0.0897. The van der Waals surface area contributed by atoms with Gasteiger partial charge >= 0.3 is 0 Å². The lowest BCUT2D eigenvalue weighted by Gasteiger charge is -2.08. The average molecular weight is 337 g/mol. The molecule has 3 nitrogen and oxygen atoms in total. The standard InChI is InChI=1S/C11H16FN3.HI/c1-8(2)15-11(13)14-7-9-5-3-4-6-10(9)12;/h3-6,8H,7H2,1-2H3,(H3,13,14,15);1H. The smallest absolute Gasteiger partial charge is 0.189 e. The van der Waals surface area contributed by atoms with Crippen molar-refractivity contribution in [1.82, 2.24) is 5.32 Å². The molecule has 0 unspecified atom stereocenters. The third-order valence-electron chi connectivity index (χ3n) is 1.81. The molecule has 5 heteroatoms. The van der Waals surface area contributed by atoms with Crippen molar-refractivity contribution in [2.45, 2.75) is 26.4 Å². The number of rotatable bonds is 3. The summed E-state index contributed by atoms with van der Waals surface area (Å²) in [4.78, 5) is 4.04. The van der Waals surface area contributed by atoms with Crippen LogP contribution in [0.5, 0.6) is 0 Å². The molecule has 1 rings (SSSR count). The Morgan fingerprint density at radius 3 is 2.62 bits per heavy atom. The number of nitrogens with zero attached hydrogens (tertiary/aromatic N) is 1. The predicted octanol–water partition coefficient (Wildman–Crippen LogP) is 2.26. The van der Waals surface area contributed by atoms with E-state index in [1.54, 1.807) is 18.2 Å². The largest absolute Gasteiger partial charge is 0.370 e. The maximum Gasteiger partial charge on any atom is 0.189 e. The van der Waals surface area contributed by atoms with E-state index in [0.717, 1.165) is 0 Å². The molecule has 0 heterocycles. The zero-order valence-corrected chi connectivity index (χ0v) is 11.7. The lowest BCUT2D eigenvalue weighted by molar-refractivity contribution is 0.610. The van der Waals surface area contributed by atoms with Crippen LogP contribution in [0.4, 0.5) is 4.39 Å². The lowest BCUT2D eigenvalue weighted by atomic mass is 10.2. The van der Waals surface area contributed by atoms with E-state index in [1.807, 2.05) is 13.8 Å². The van der Waals surface area contributed by atoms with Gasteiger partial charge in [-0.3, -0.25) is 0 Å². The van der Waals surface area contributed by atoms with Gasteiger partial charge in [-0.1, -0.05) is 18.2 Å². The minimum absolute atomic E-state index is 0. The molecule has 0 bridgehead atoms. The van der Waals surface area contributed by atoms with Crippen molar-refractivity contribution in [2.75, 3.05) is 0 Å². The first-order valence-electron chi connectivity index (χ1n) is 4.89. The second kappa shape index (κ2) is 7.43. The molecule has 0 radical (unpaired) electrons. The predicted molar refractivity (Wildman–Crippen MR) is 75.4 cm³/mol. The number of halogens is 2. The summed E-state index contributed by atoms with van der Waals surface area (Å²) in [5.41, 5.74) is 6.14. The van der Waals surface area contributed by atoms with Crippen molar-refractivity contribution < 1.29 is 4.39 Å². The van der Waals surface area contributed by atoms with Crippen molar-refractivity contribution in [3.8, 4) is 0 Å². The van der Waals surface area contributed by atoms with E-state index in [9.17, 15) is 4.39 Å². The molecule has 0 saturated carbocycles. The van der Waals surface area contributed by atoms with Crippen LogP contribution >= 0.6 is 24.0 Å². The third-order valence-corrected chi connectivity index (χ3v) is 1.81. The number of aliphatic imine (C=N–C) groups is 1. The minimum Gasteiger partial charge on any atom is -0.370 e. The molecule has 0 aromatic heterocycles. The number of hydrogen-bond acceptors (Lipinski definition) is 1. The first-order chi connectivity index (χ1) is 7.09. The van der Waals surface area contributed by atoms with Gasteiger partial charge in [-0.2, -0.15) is 0 Å². The third kappa shape index (κ3) is 5.29. The molecule has 0 saturated heterocycles. The molecule has 1 aromatic carbocycles. The number of hydrogen-bond donors (Lipinski definition) is 2. The van der Waals surface area contributed by atoms with Crippen LogP contribution in [0.15, 0.2) is 29.3 Å². The summed E-state index contributed by atoms with van der Waals surface area (Å²) >= 11 is 0. The van der Waals surface area contributed by atoms with Crippen LogP contribution in [-0.4, -0.2) is 12.0 Å². The molecule has 1 aromatic rings. The summed E-state index contributed by atoms with van der Waals surface area (Å²) in [6.07, 6.45) is 0. The van der Waals surface area contributed by atoms with Crippen LogP contribution in [0.25, 0.3) is 0 Å². The molecule has 0 aliphatic carbocycles. The summed E-state index contributed by atoms with van der Waals surface area (Å²) in [6, 6.07) is 6.77. The van der Waals surface area contributed by atoms with Gasteiger partial charge in [0.1, 0.15) is 5.82 Å². The Hall–Kier alpha value is -0.850. The van der Waals surface area contributed by atoms with Gasteiger partial charge in [0.2, 0.25) is 0 Å². The monoisotopic (exact) mass is 337 g/mol. The van der Waals surface area contributed by atoms with E-state index in [-0.39, 0.29) is 42.4 Å². The quantitative estimate of drug-likeness (QED) is 0.505. The molecule has 0 amide bonds. The fourth-order valence-corrected chi connectivity index (χ4v) is 1.14. The zero-order valence-electron chi connectivity index (χ0n) is 9.40. The Labute approximate surface area is 112 Å². The Kier molecular flexibility index (Phi) is 7.03. The van der Waals surface area contributed by atoms with Gasteiger partial charge < -0.3 is 11.1 Å². The van der Waals surface area contributed by atoms with E-state index in [2.05, 4.69) is 10.3 Å². The van der Waals surface area contributed by atoms with E-state index in [4.69, 9.17) is 5.73 Å². The van der Waals surface area contributed by atoms with E-state index in [1.165, 1.54) is 6.07 Å². The van der Waals surface area contributed by atoms with Crippen molar-refractivity contribution in [3.63, 3.8) is 0 Å². The zero-order chi connectivity index (χ0) is 11.3. The van der Waals surface area contributed by atoms with Crippen LogP contribution in [0.2, 0.25) is 0 Å². The maximum atomic E-state index is 13.2. The van der Waals surface area contributed by atoms with Crippen LogP contribution in [0, 0.1) is 5.82 Å². The lowest BCUT2D eigenvalue weighted by Crippen LogP contribution is -2.36. The number of benzene rings is 1. The van der Waals surface area contributed by atoms with Gasteiger partial charge in [-0.25, -0.2) is 9.38 Å². The van der Waals surface area contributed by atoms with Gasteiger partial charge in [0.25, 0.3) is 0 Å². The molecule has 0 fully saturated rings. The average Bonchev–Trinajstić information content (AvgIpc) is 2.15. The second-order valence-electron chi connectivity index (χ2n) is 3.59. The molecular formula is C11H17FIN3. The van der Waals surface area contributed by atoms with Gasteiger partial charge in [0.15, 0.2) is 5.96 Å². The molecular weight excluding hydrogens is 320 g/mol. The molecule has 0 aliphatic rings. The molecule has 0 aliphatic heterocycles. The highest BCUT2D eigenvalue weighted by atomic mass is 127. The molecule has 0 atom stereocenters. The molecule has 90 valence electrons. The molecule has 0 spiro atoms. The summed E-state index contributed by atoms with van der Waals surface area (Å²) in [6.45, 7) is 4.19. The fourth-order valence-electron chi connectivity index (χ4n) is 1.14. The summed E-state index contributed by atoms with van der Waals surface area (Å²) in [7, 11) is 0. The Morgan fingerprint density at radius 2 is 2.06 bits per heavy atom. The van der Waals surface area contributed by atoms with Crippen LogP contribution in [0.3, 0.4) is 0 Å². The van der Waals surface area contributed by atoms with Gasteiger partial charge in [-0.05, 0) is 19.9 Å². The normalized spacial score (nSPS) is 11.1. The maximum absolute atomic E-state index is 13.2. The molecule has 3 N–H and O–H groups in total. The van der Waals surface area contributed by atoms with Crippen molar-refractivity contribution in [2.24, 2.45) is 10.7 Å². The fraction of sp³-hybridized carbons (Fsp3) is 0.364. The van der Waals surface area contributed by atoms with E-state index >= 15 is 0 Å². The highest BCUT2D eigenvalue weighted by Gasteiger charge is 1.99. The minimum atomic E-state index is -0.251. The van der Waals surface area contributed by atoms with Crippen molar-refractivity contribution in [3.05, 3.63) is 35.6 Å². The van der Waals surface area contributed by atoms with E-state index in [0.29, 0.717) is 11.5 Å². The van der Waals surface area contributed by atoms with E-state index < -0.39 is 0 Å². The first-order valence-corrected chi connectivity index (χ1v) is 4.89. The van der Waals surface area contributed by atoms with Crippen LogP contribution < -0.4 is 11.1 Å². The number of nitrogens with two attached hydrogens (primary N) is 1. The number of guanidine groups is 1. The van der Waals surface area contributed by atoms with Crippen molar-refractivity contribution >= 4 is 29.9 Å². The highest BCUT2D eigenvalue weighted by Crippen LogP contribution is 2.06. The van der Waals surface area contributed by atoms with Crippen LogP contribution in [-0.2, 0) is 6.54 Å². The van der Waals surface area contributed by atoms with Gasteiger partial charge in [0.05, 0.1) is 6.54 Å².